The summed E-state index contributed by atoms with van der Waals surface area (Å²) in [4.78, 5) is 39.7. The molecule has 1 aromatic carbocycles. The molecule has 0 unspecified atom stereocenters. The molecule has 0 atom stereocenters. The third-order valence-electron chi connectivity index (χ3n) is 6.03. The van der Waals surface area contributed by atoms with Crippen LogP contribution in [0.3, 0.4) is 0 Å². The van der Waals surface area contributed by atoms with Gasteiger partial charge in [-0.3, -0.25) is 14.3 Å². The molecule has 3 N–H and O–H groups in total. The summed E-state index contributed by atoms with van der Waals surface area (Å²) in [6, 6.07) is 8.22. The summed E-state index contributed by atoms with van der Waals surface area (Å²) in [6.45, 7) is 4.94. The number of amides is 2. The number of anilines is 2. The molecule has 2 amide bonds. The number of carboxylic acids is 1. The number of ether oxygens (including phenoxy) is 1. The normalized spacial score (nSPS) is 15.9. The van der Waals surface area contributed by atoms with Gasteiger partial charge in [-0.05, 0) is 29.6 Å². The quantitative estimate of drug-likeness (QED) is 0.419. The number of rotatable bonds is 7. The number of hydrogen-bond donors (Lipinski definition) is 3. The summed E-state index contributed by atoms with van der Waals surface area (Å²) < 4.78 is 65.8. The molecule has 17 heteroatoms. The highest BCUT2D eigenvalue weighted by Crippen LogP contribution is 2.31. The molecule has 2 aliphatic heterocycles. The SMILES string of the molecule is CN(CC(=O)N1CCOCC1)C(=O)c1ccc(N2CCNCC2)c(NS(=O)(=O)c2cccs2)c1.O=C(O)C(F)(F)F. The molecule has 41 heavy (non-hydrogen) atoms. The van der Waals surface area contributed by atoms with E-state index in [2.05, 4.69) is 14.9 Å². The number of halogens is 3. The van der Waals surface area contributed by atoms with Crippen LogP contribution in [-0.2, 0) is 24.3 Å². The first-order valence-electron chi connectivity index (χ1n) is 12.4. The van der Waals surface area contributed by atoms with Crippen LogP contribution >= 0.6 is 11.3 Å². The molecule has 1 aromatic heterocycles. The Bertz CT molecular complexity index is 1310. The molecule has 2 saturated heterocycles. The van der Waals surface area contributed by atoms with Gasteiger partial charge in [0.1, 0.15) is 4.21 Å². The minimum Gasteiger partial charge on any atom is -0.475 e. The van der Waals surface area contributed by atoms with Crippen LogP contribution in [0.2, 0.25) is 0 Å². The van der Waals surface area contributed by atoms with E-state index in [1.54, 1.807) is 41.6 Å². The summed E-state index contributed by atoms with van der Waals surface area (Å²) in [5.74, 6) is -3.26. The van der Waals surface area contributed by atoms with E-state index >= 15 is 0 Å². The van der Waals surface area contributed by atoms with Gasteiger partial charge in [0.25, 0.3) is 15.9 Å². The Morgan fingerprint density at radius 2 is 1.76 bits per heavy atom. The van der Waals surface area contributed by atoms with Crippen LogP contribution in [0.5, 0.6) is 0 Å². The first-order chi connectivity index (χ1) is 19.3. The molecule has 2 fully saturated rings. The van der Waals surface area contributed by atoms with Crippen LogP contribution in [0.15, 0.2) is 39.9 Å². The van der Waals surface area contributed by atoms with Crippen molar-refractivity contribution in [2.45, 2.75) is 10.4 Å². The summed E-state index contributed by atoms with van der Waals surface area (Å²) in [5.41, 5.74) is 1.36. The fraction of sp³-hybridized carbons (Fsp3) is 0.458. The van der Waals surface area contributed by atoms with Crippen molar-refractivity contribution in [1.29, 1.82) is 0 Å². The first-order valence-corrected chi connectivity index (χ1v) is 14.7. The molecule has 0 radical (unpaired) electrons. The third-order valence-corrected chi connectivity index (χ3v) is 8.79. The van der Waals surface area contributed by atoms with Gasteiger partial charge in [-0.1, -0.05) is 6.07 Å². The molecule has 2 aliphatic rings. The lowest BCUT2D eigenvalue weighted by Crippen LogP contribution is -2.46. The van der Waals surface area contributed by atoms with Crippen molar-refractivity contribution in [3.63, 3.8) is 0 Å². The number of morpholine rings is 1. The van der Waals surface area contributed by atoms with E-state index in [0.717, 1.165) is 37.5 Å². The molecular formula is C24H30F3N5O7S2. The maximum atomic E-state index is 13.1. The molecule has 0 spiro atoms. The maximum absolute atomic E-state index is 13.1. The van der Waals surface area contributed by atoms with Crippen molar-refractivity contribution in [3.05, 3.63) is 41.3 Å². The number of likely N-dealkylation sites (N-methyl/N-ethyl adjacent to an activating group) is 1. The highest BCUT2D eigenvalue weighted by atomic mass is 32.2. The fourth-order valence-electron chi connectivity index (χ4n) is 3.95. The van der Waals surface area contributed by atoms with Crippen molar-refractivity contribution in [2.24, 2.45) is 0 Å². The molecule has 3 heterocycles. The number of hydrogen-bond acceptors (Lipinski definition) is 9. The number of benzene rings is 1. The van der Waals surface area contributed by atoms with Crippen molar-refractivity contribution in [3.8, 4) is 0 Å². The van der Waals surface area contributed by atoms with Crippen LogP contribution in [0.1, 0.15) is 10.4 Å². The molecule has 0 aliphatic carbocycles. The van der Waals surface area contributed by atoms with E-state index in [-0.39, 0.29) is 22.6 Å². The second-order valence-corrected chi connectivity index (χ2v) is 11.8. The Morgan fingerprint density at radius 3 is 2.32 bits per heavy atom. The lowest BCUT2D eigenvalue weighted by molar-refractivity contribution is -0.192. The van der Waals surface area contributed by atoms with Gasteiger partial charge in [0, 0.05) is 51.9 Å². The van der Waals surface area contributed by atoms with Crippen LogP contribution in [0, 0.1) is 0 Å². The maximum Gasteiger partial charge on any atom is 0.490 e. The van der Waals surface area contributed by atoms with Gasteiger partial charge in [-0.2, -0.15) is 13.2 Å². The molecule has 12 nitrogen and oxygen atoms in total. The largest absolute Gasteiger partial charge is 0.490 e. The first kappa shape index (κ1) is 32.1. The Hall–Kier alpha value is -3.41. The number of alkyl halides is 3. The fourth-order valence-corrected chi connectivity index (χ4v) is 6.01. The predicted molar refractivity (Wildman–Crippen MR) is 145 cm³/mol. The number of carbonyl (C=O) groups excluding carboxylic acids is 2. The molecule has 0 saturated carbocycles. The monoisotopic (exact) mass is 621 g/mol. The average Bonchev–Trinajstić information content (AvgIpc) is 3.50. The molecule has 0 bridgehead atoms. The standard InChI is InChI=1S/C22H29N5O5S2.C2HF3O2/c1-25(16-20(28)27-10-12-32-13-11-27)22(29)17-4-5-19(26-8-6-23-7-9-26)18(15-17)24-34(30,31)21-3-2-14-33-21;3-2(4,5)1(6)7/h2-5,14-15,23-24H,6-13,16H2,1H3;(H,6,7). The van der Waals surface area contributed by atoms with E-state index in [4.69, 9.17) is 14.6 Å². The minimum absolute atomic E-state index is 0.0609. The number of sulfonamides is 1. The lowest BCUT2D eigenvalue weighted by atomic mass is 10.1. The van der Waals surface area contributed by atoms with Gasteiger partial charge in [-0.25, -0.2) is 13.2 Å². The number of carbonyl (C=O) groups is 3. The van der Waals surface area contributed by atoms with Crippen molar-refractivity contribution >= 4 is 50.5 Å². The summed E-state index contributed by atoms with van der Waals surface area (Å²) in [5, 5.41) is 12.1. The summed E-state index contributed by atoms with van der Waals surface area (Å²) in [7, 11) is -2.23. The predicted octanol–water partition coefficient (Wildman–Crippen LogP) is 1.52. The number of piperazine rings is 1. The van der Waals surface area contributed by atoms with Gasteiger partial charge < -0.3 is 29.9 Å². The van der Waals surface area contributed by atoms with Crippen LogP contribution in [-0.4, -0.2) is 113 Å². The molecule has 2 aromatic rings. The van der Waals surface area contributed by atoms with E-state index in [1.165, 1.54) is 11.0 Å². The van der Waals surface area contributed by atoms with Crippen molar-refractivity contribution < 1.29 is 45.8 Å². The van der Waals surface area contributed by atoms with Gasteiger partial charge in [0.05, 0.1) is 31.1 Å². The number of carboxylic acid groups (broad SMARTS) is 1. The van der Waals surface area contributed by atoms with Crippen molar-refractivity contribution in [1.82, 2.24) is 15.1 Å². The van der Waals surface area contributed by atoms with E-state index in [1.807, 2.05) is 0 Å². The number of thiophene rings is 1. The van der Waals surface area contributed by atoms with E-state index in [0.29, 0.717) is 43.2 Å². The minimum atomic E-state index is -5.08. The molecular weight excluding hydrogens is 591 g/mol. The smallest absolute Gasteiger partial charge is 0.475 e. The van der Waals surface area contributed by atoms with E-state index in [9.17, 15) is 31.2 Å². The molecule has 4 rings (SSSR count). The number of aliphatic carboxylic acids is 1. The Kier molecular flexibility index (Phi) is 10.9. The summed E-state index contributed by atoms with van der Waals surface area (Å²) in [6.07, 6.45) is -5.08. The van der Waals surface area contributed by atoms with Gasteiger partial charge in [0.15, 0.2) is 0 Å². The van der Waals surface area contributed by atoms with Gasteiger partial charge in [-0.15, -0.1) is 11.3 Å². The second kappa shape index (κ2) is 14.0. The van der Waals surface area contributed by atoms with Crippen LogP contribution < -0.4 is 14.9 Å². The van der Waals surface area contributed by atoms with Gasteiger partial charge >= 0.3 is 12.1 Å². The van der Waals surface area contributed by atoms with Crippen molar-refractivity contribution in [2.75, 3.05) is 75.7 Å². The zero-order valence-corrected chi connectivity index (χ0v) is 23.6. The zero-order chi connectivity index (χ0) is 30.2. The average molecular weight is 622 g/mol. The Balaban J connectivity index is 0.000000587. The second-order valence-electron chi connectivity index (χ2n) is 8.96. The van der Waals surface area contributed by atoms with E-state index < -0.39 is 22.2 Å². The zero-order valence-electron chi connectivity index (χ0n) is 22.0. The molecule has 226 valence electrons. The summed E-state index contributed by atoms with van der Waals surface area (Å²) >= 11 is 1.13. The number of nitrogens with zero attached hydrogens (tertiary/aromatic N) is 3. The third kappa shape index (κ3) is 9.04. The highest BCUT2D eigenvalue weighted by molar-refractivity contribution is 7.94. The topological polar surface area (TPSA) is 149 Å². The lowest BCUT2D eigenvalue weighted by Gasteiger charge is -2.31. The van der Waals surface area contributed by atoms with Crippen LogP contribution in [0.4, 0.5) is 24.5 Å². The number of nitrogens with one attached hydrogen (secondary N) is 2. The Morgan fingerprint density at radius 1 is 1.12 bits per heavy atom. The van der Waals surface area contributed by atoms with Crippen LogP contribution in [0.25, 0.3) is 0 Å². The highest BCUT2D eigenvalue weighted by Gasteiger charge is 2.38. The Labute approximate surface area is 238 Å². The van der Waals surface area contributed by atoms with Gasteiger partial charge in [0.2, 0.25) is 5.91 Å².